The second-order valence-electron chi connectivity index (χ2n) is 6.29. The summed E-state index contributed by atoms with van der Waals surface area (Å²) in [6, 6.07) is 12.9. The van der Waals surface area contributed by atoms with E-state index in [1.807, 2.05) is 37.3 Å². The van der Waals surface area contributed by atoms with Gasteiger partial charge in [0.1, 0.15) is 0 Å². The topological polar surface area (TPSA) is 39.1 Å². The molecule has 0 unspecified atom stereocenters. The van der Waals surface area contributed by atoms with Crippen molar-refractivity contribution in [1.29, 1.82) is 0 Å². The number of hydrogen-bond donors (Lipinski definition) is 0. The van der Waals surface area contributed by atoms with Crippen LogP contribution < -0.4 is 0 Å². The van der Waals surface area contributed by atoms with Crippen molar-refractivity contribution in [2.24, 2.45) is 0 Å². The highest BCUT2D eigenvalue weighted by molar-refractivity contribution is 7.90. The third-order valence-electron chi connectivity index (χ3n) is 4.66. The number of rotatable bonds is 2. The Kier molecular flexibility index (Phi) is 3.57. The van der Waals surface area contributed by atoms with Gasteiger partial charge in [0, 0.05) is 11.6 Å². The van der Waals surface area contributed by atoms with E-state index in [9.17, 15) is 8.42 Å². The number of hydrogen-bond acceptors (Lipinski definition) is 2. The first kappa shape index (κ1) is 15.2. The highest BCUT2D eigenvalue weighted by Gasteiger charge is 2.20. The molecule has 0 fully saturated rings. The van der Waals surface area contributed by atoms with Gasteiger partial charge >= 0.3 is 0 Å². The molecule has 0 aliphatic heterocycles. The van der Waals surface area contributed by atoms with Crippen LogP contribution in [0.4, 0.5) is 0 Å². The third kappa shape index (κ3) is 2.38. The molecule has 24 heavy (non-hydrogen) atoms. The number of allylic oxidation sites excluding steroid dienone is 1. The number of aryl methyl sites for hydroxylation is 2. The van der Waals surface area contributed by atoms with E-state index in [0.717, 1.165) is 35.7 Å². The summed E-state index contributed by atoms with van der Waals surface area (Å²) in [5.74, 6) is 0. The fraction of sp³-hybridized carbons (Fsp3) is 0.200. The van der Waals surface area contributed by atoms with Gasteiger partial charge in [-0.3, -0.25) is 0 Å². The van der Waals surface area contributed by atoms with Gasteiger partial charge in [-0.25, -0.2) is 12.4 Å². The summed E-state index contributed by atoms with van der Waals surface area (Å²) in [5.41, 5.74) is 4.25. The lowest BCUT2D eigenvalue weighted by molar-refractivity contribution is 0.589. The van der Waals surface area contributed by atoms with Crippen LogP contribution in [0.3, 0.4) is 0 Å². The average molecular weight is 337 g/mol. The number of fused-ring (bicyclic) bond motifs is 3. The zero-order chi connectivity index (χ0) is 16.7. The van der Waals surface area contributed by atoms with Crippen molar-refractivity contribution >= 4 is 27.0 Å². The van der Waals surface area contributed by atoms with Gasteiger partial charge in [-0.05, 0) is 61.6 Å². The average Bonchev–Trinajstić information content (AvgIpc) is 2.87. The Morgan fingerprint density at radius 1 is 1.00 bits per heavy atom. The van der Waals surface area contributed by atoms with Crippen molar-refractivity contribution in [2.75, 3.05) is 0 Å². The predicted molar refractivity (Wildman–Crippen MR) is 97.7 cm³/mol. The molecule has 122 valence electrons. The summed E-state index contributed by atoms with van der Waals surface area (Å²) < 4.78 is 27.4. The van der Waals surface area contributed by atoms with Crippen LogP contribution in [0.5, 0.6) is 0 Å². The maximum Gasteiger partial charge on any atom is 0.268 e. The first-order valence-corrected chi connectivity index (χ1v) is 9.63. The maximum absolute atomic E-state index is 13.0. The van der Waals surface area contributed by atoms with E-state index in [2.05, 4.69) is 12.2 Å². The molecule has 1 aliphatic rings. The molecular weight excluding hydrogens is 318 g/mol. The monoisotopic (exact) mass is 337 g/mol. The van der Waals surface area contributed by atoms with E-state index in [4.69, 9.17) is 0 Å². The van der Waals surface area contributed by atoms with Crippen molar-refractivity contribution in [3.63, 3.8) is 0 Å². The molecule has 3 aromatic rings. The minimum absolute atomic E-state index is 0.320. The minimum atomic E-state index is -3.58. The SMILES string of the molecule is Cc1ccc(S(=O)(=O)n2ccc3c4c(ccc32)C=CCCC4)cc1. The molecule has 0 saturated heterocycles. The second kappa shape index (κ2) is 5.64. The molecule has 0 bridgehead atoms. The minimum Gasteiger partial charge on any atom is -0.241 e. The van der Waals surface area contributed by atoms with E-state index < -0.39 is 10.0 Å². The Bertz CT molecular complexity index is 1040. The fourth-order valence-electron chi connectivity index (χ4n) is 3.35. The van der Waals surface area contributed by atoms with Gasteiger partial charge in [0.05, 0.1) is 10.4 Å². The molecule has 4 heteroatoms. The lowest BCUT2D eigenvalue weighted by Crippen LogP contribution is -2.11. The lowest BCUT2D eigenvalue weighted by atomic mass is 10.0. The van der Waals surface area contributed by atoms with Crippen molar-refractivity contribution < 1.29 is 8.42 Å². The number of benzene rings is 2. The highest BCUT2D eigenvalue weighted by Crippen LogP contribution is 2.30. The molecule has 4 rings (SSSR count). The summed E-state index contributed by atoms with van der Waals surface area (Å²) in [7, 11) is -3.58. The normalized spacial score (nSPS) is 14.5. The first-order chi connectivity index (χ1) is 11.6. The van der Waals surface area contributed by atoms with Crippen molar-refractivity contribution in [2.45, 2.75) is 31.1 Å². The van der Waals surface area contributed by atoms with Crippen LogP contribution in [0.25, 0.3) is 17.0 Å². The van der Waals surface area contributed by atoms with Gasteiger partial charge in [-0.1, -0.05) is 35.9 Å². The van der Waals surface area contributed by atoms with Gasteiger partial charge < -0.3 is 0 Å². The number of nitrogens with zero attached hydrogens (tertiary/aromatic N) is 1. The van der Waals surface area contributed by atoms with Gasteiger partial charge in [0.15, 0.2) is 0 Å². The van der Waals surface area contributed by atoms with Crippen LogP contribution >= 0.6 is 0 Å². The van der Waals surface area contributed by atoms with Crippen LogP contribution in [0.2, 0.25) is 0 Å². The summed E-state index contributed by atoms with van der Waals surface area (Å²) in [6.07, 6.45) is 9.16. The maximum atomic E-state index is 13.0. The van der Waals surface area contributed by atoms with Crippen LogP contribution in [0.1, 0.15) is 29.5 Å². The molecular formula is C20H19NO2S. The molecule has 0 amide bonds. The van der Waals surface area contributed by atoms with Crippen LogP contribution in [0.15, 0.2) is 59.6 Å². The van der Waals surface area contributed by atoms with E-state index in [1.54, 1.807) is 18.3 Å². The zero-order valence-corrected chi connectivity index (χ0v) is 14.4. The fourth-order valence-corrected chi connectivity index (χ4v) is 4.69. The molecule has 0 spiro atoms. The van der Waals surface area contributed by atoms with E-state index >= 15 is 0 Å². The first-order valence-electron chi connectivity index (χ1n) is 8.19. The quantitative estimate of drug-likeness (QED) is 0.689. The Labute approximate surface area is 142 Å². The molecule has 0 saturated carbocycles. The standard InChI is InChI=1S/C20H19NO2S/c1-15-7-10-17(11-8-15)24(22,23)21-14-13-19-18-6-4-2-3-5-16(18)9-12-20(19)21/h3,5,7-14H,2,4,6H2,1H3. The molecule has 0 N–H and O–H groups in total. The van der Waals surface area contributed by atoms with E-state index in [-0.39, 0.29) is 0 Å². The van der Waals surface area contributed by atoms with Crippen molar-refractivity contribution in [3.8, 4) is 0 Å². The summed E-state index contributed by atoms with van der Waals surface area (Å²) in [6.45, 7) is 1.95. The molecule has 1 heterocycles. The van der Waals surface area contributed by atoms with Crippen molar-refractivity contribution in [3.05, 3.63) is 71.4 Å². The molecule has 2 aromatic carbocycles. The zero-order valence-electron chi connectivity index (χ0n) is 13.6. The van der Waals surface area contributed by atoms with Crippen LogP contribution in [0, 0.1) is 6.92 Å². The van der Waals surface area contributed by atoms with Gasteiger partial charge in [-0.15, -0.1) is 0 Å². The highest BCUT2D eigenvalue weighted by atomic mass is 32.2. The molecule has 1 aliphatic carbocycles. The lowest BCUT2D eigenvalue weighted by Gasteiger charge is -2.10. The Morgan fingerprint density at radius 3 is 2.58 bits per heavy atom. The third-order valence-corrected chi connectivity index (χ3v) is 6.36. The number of aromatic nitrogens is 1. The molecule has 1 aromatic heterocycles. The largest absolute Gasteiger partial charge is 0.268 e. The second-order valence-corrected chi connectivity index (χ2v) is 8.11. The molecule has 3 nitrogen and oxygen atoms in total. The molecule has 0 radical (unpaired) electrons. The van der Waals surface area contributed by atoms with Gasteiger partial charge in [0.2, 0.25) is 0 Å². The smallest absolute Gasteiger partial charge is 0.241 e. The van der Waals surface area contributed by atoms with Gasteiger partial charge in [-0.2, -0.15) is 0 Å². The van der Waals surface area contributed by atoms with Crippen LogP contribution in [-0.4, -0.2) is 12.4 Å². The summed E-state index contributed by atoms with van der Waals surface area (Å²) >= 11 is 0. The molecule has 0 atom stereocenters. The Hall–Kier alpha value is -2.33. The predicted octanol–water partition coefficient (Wildman–Crippen LogP) is 4.54. The Balaban J connectivity index is 1.91. The van der Waals surface area contributed by atoms with Crippen molar-refractivity contribution in [1.82, 2.24) is 3.97 Å². The summed E-state index contributed by atoms with van der Waals surface area (Å²) in [5, 5.41) is 1.04. The van der Waals surface area contributed by atoms with Gasteiger partial charge in [0.25, 0.3) is 10.0 Å². The van der Waals surface area contributed by atoms with E-state index in [1.165, 1.54) is 15.1 Å². The van der Waals surface area contributed by atoms with Crippen LogP contribution in [-0.2, 0) is 16.4 Å². The van der Waals surface area contributed by atoms with E-state index in [0.29, 0.717) is 4.90 Å². The Morgan fingerprint density at radius 2 is 1.79 bits per heavy atom. The summed E-state index contributed by atoms with van der Waals surface area (Å²) in [4.78, 5) is 0.320.